The number of aliphatic hydroxyl groups is 1. The van der Waals surface area contributed by atoms with Gasteiger partial charge in [0.15, 0.2) is 0 Å². The fourth-order valence-corrected chi connectivity index (χ4v) is 6.17. The molecule has 2 saturated heterocycles. The van der Waals surface area contributed by atoms with Gasteiger partial charge in [-0.05, 0) is 67.3 Å². The number of thioether (sulfide) groups is 1. The maximum absolute atomic E-state index is 11.1. The SMILES string of the molecule is CC1(C)CCCCC1C(O)C1CCOC2(CCSCC2)C1. The smallest absolute Gasteiger partial charge is 0.0701 e. The fourth-order valence-electron chi connectivity index (χ4n) is 4.93. The highest BCUT2D eigenvalue weighted by Crippen LogP contribution is 2.47. The molecule has 3 atom stereocenters. The Balaban J connectivity index is 1.67. The molecular formula is C18H32O2S. The second-order valence-electron chi connectivity index (χ2n) is 8.23. The summed E-state index contributed by atoms with van der Waals surface area (Å²) in [6.07, 6.45) is 9.55. The topological polar surface area (TPSA) is 29.5 Å². The molecule has 1 spiro atoms. The lowest BCUT2D eigenvalue weighted by atomic mass is 9.63. The average molecular weight is 313 g/mol. The largest absolute Gasteiger partial charge is 0.393 e. The van der Waals surface area contributed by atoms with E-state index in [9.17, 15) is 5.11 Å². The molecule has 1 saturated carbocycles. The molecule has 3 unspecified atom stereocenters. The maximum atomic E-state index is 11.1. The predicted molar refractivity (Wildman–Crippen MR) is 89.7 cm³/mol. The van der Waals surface area contributed by atoms with Crippen LogP contribution in [-0.4, -0.2) is 34.9 Å². The van der Waals surface area contributed by atoms with Gasteiger partial charge in [-0.3, -0.25) is 0 Å². The predicted octanol–water partition coefficient (Wildman–Crippen LogP) is 4.26. The van der Waals surface area contributed by atoms with E-state index in [1.807, 2.05) is 0 Å². The number of aliphatic hydroxyl groups excluding tert-OH is 1. The van der Waals surface area contributed by atoms with E-state index in [-0.39, 0.29) is 11.7 Å². The molecule has 0 bridgehead atoms. The van der Waals surface area contributed by atoms with Crippen LogP contribution in [-0.2, 0) is 4.74 Å². The van der Waals surface area contributed by atoms with Crippen LogP contribution in [0.2, 0.25) is 0 Å². The van der Waals surface area contributed by atoms with Gasteiger partial charge in [-0.1, -0.05) is 26.7 Å². The summed E-state index contributed by atoms with van der Waals surface area (Å²) < 4.78 is 6.20. The average Bonchev–Trinajstić information content (AvgIpc) is 2.47. The molecule has 0 amide bonds. The first-order chi connectivity index (χ1) is 10.0. The van der Waals surface area contributed by atoms with E-state index in [1.165, 1.54) is 50.0 Å². The highest BCUT2D eigenvalue weighted by molar-refractivity contribution is 7.99. The monoisotopic (exact) mass is 312 g/mol. The molecule has 1 N–H and O–H groups in total. The van der Waals surface area contributed by atoms with Crippen molar-refractivity contribution in [2.75, 3.05) is 18.1 Å². The zero-order valence-electron chi connectivity index (χ0n) is 13.8. The first-order valence-electron chi connectivity index (χ1n) is 8.92. The van der Waals surface area contributed by atoms with Crippen molar-refractivity contribution in [1.82, 2.24) is 0 Å². The molecule has 0 aromatic heterocycles. The first-order valence-corrected chi connectivity index (χ1v) is 10.1. The quantitative estimate of drug-likeness (QED) is 0.826. The minimum Gasteiger partial charge on any atom is -0.393 e. The Morgan fingerprint density at radius 2 is 1.86 bits per heavy atom. The Kier molecular flexibility index (Phi) is 4.93. The standard InChI is InChI=1S/C18H32O2S/c1-17(2)7-4-3-5-15(17)16(19)14-6-10-20-18(13-14)8-11-21-12-9-18/h14-16,19H,3-13H2,1-2H3. The van der Waals surface area contributed by atoms with E-state index in [0.717, 1.165) is 19.4 Å². The fraction of sp³-hybridized carbons (Fsp3) is 1.00. The molecule has 21 heavy (non-hydrogen) atoms. The van der Waals surface area contributed by atoms with Gasteiger partial charge in [-0.25, -0.2) is 0 Å². The molecule has 122 valence electrons. The summed E-state index contributed by atoms with van der Waals surface area (Å²) in [5.74, 6) is 3.42. The van der Waals surface area contributed by atoms with E-state index in [0.29, 0.717) is 17.3 Å². The zero-order chi connectivity index (χ0) is 14.9. The summed E-state index contributed by atoms with van der Waals surface area (Å²) in [5.41, 5.74) is 0.416. The zero-order valence-corrected chi connectivity index (χ0v) is 14.6. The van der Waals surface area contributed by atoms with Crippen LogP contribution >= 0.6 is 11.8 Å². The van der Waals surface area contributed by atoms with Crippen molar-refractivity contribution in [3.8, 4) is 0 Å². The van der Waals surface area contributed by atoms with Gasteiger partial charge in [0.05, 0.1) is 11.7 Å². The number of hydrogen-bond acceptors (Lipinski definition) is 3. The molecule has 0 radical (unpaired) electrons. The van der Waals surface area contributed by atoms with Gasteiger partial charge in [0.2, 0.25) is 0 Å². The number of rotatable bonds is 2. The summed E-state index contributed by atoms with van der Waals surface area (Å²) in [4.78, 5) is 0. The van der Waals surface area contributed by atoms with E-state index in [2.05, 4.69) is 25.6 Å². The Morgan fingerprint density at radius 1 is 1.10 bits per heavy atom. The molecule has 3 heteroatoms. The van der Waals surface area contributed by atoms with E-state index in [4.69, 9.17) is 4.74 Å². The molecule has 2 heterocycles. The van der Waals surface area contributed by atoms with Crippen LogP contribution in [0.1, 0.15) is 65.2 Å². The molecule has 0 aromatic rings. The van der Waals surface area contributed by atoms with E-state index >= 15 is 0 Å². The lowest BCUT2D eigenvalue weighted by Crippen LogP contribution is -2.49. The first kappa shape index (κ1) is 16.1. The Morgan fingerprint density at radius 3 is 2.57 bits per heavy atom. The van der Waals surface area contributed by atoms with Gasteiger partial charge >= 0.3 is 0 Å². The molecular weight excluding hydrogens is 280 g/mol. The summed E-state index contributed by atoms with van der Waals surface area (Å²) in [6, 6.07) is 0. The molecule has 3 fully saturated rings. The third-order valence-corrected chi connectivity index (χ3v) is 7.41. The van der Waals surface area contributed by atoms with Gasteiger partial charge in [-0.2, -0.15) is 11.8 Å². The summed E-state index contributed by atoms with van der Waals surface area (Å²) >= 11 is 2.06. The highest BCUT2D eigenvalue weighted by atomic mass is 32.2. The summed E-state index contributed by atoms with van der Waals surface area (Å²) in [7, 11) is 0. The van der Waals surface area contributed by atoms with Crippen LogP contribution in [0.3, 0.4) is 0 Å². The van der Waals surface area contributed by atoms with E-state index < -0.39 is 0 Å². The third-order valence-electron chi connectivity index (χ3n) is 6.42. The van der Waals surface area contributed by atoms with Crippen LogP contribution in [0, 0.1) is 17.3 Å². The van der Waals surface area contributed by atoms with Crippen molar-refractivity contribution in [3.63, 3.8) is 0 Å². The van der Waals surface area contributed by atoms with Crippen LogP contribution in [0.4, 0.5) is 0 Å². The third kappa shape index (κ3) is 3.45. The second-order valence-corrected chi connectivity index (χ2v) is 9.45. The lowest BCUT2D eigenvalue weighted by Gasteiger charge is -2.48. The van der Waals surface area contributed by atoms with Gasteiger partial charge in [-0.15, -0.1) is 0 Å². The van der Waals surface area contributed by atoms with Crippen molar-refractivity contribution >= 4 is 11.8 Å². The van der Waals surface area contributed by atoms with Crippen molar-refractivity contribution < 1.29 is 9.84 Å². The van der Waals surface area contributed by atoms with Crippen molar-refractivity contribution in [1.29, 1.82) is 0 Å². The van der Waals surface area contributed by atoms with Gasteiger partial charge < -0.3 is 9.84 Å². The number of ether oxygens (including phenoxy) is 1. The second kappa shape index (κ2) is 6.41. The van der Waals surface area contributed by atoms with Crippen LogP contribution in [0.5, 0.6) is 0 Å². The van der Waals surface area contributed by atoms with Gasteiger partial charge in [0, 0.05) is 6.61 Å². The minimum atomic E-state index is -0.115. The van der Waals surface area contributed by atoms with Gasteiger partial charge in [0.25, 0.3) is 0 Å². The number of hydrogen-bond donors (Lipinski definition) is 1. The Labute approximate surface area is 134 Å². The highest BCUT2D eigenvalue weighted by Gasteiger charge is 2.45. The minimum absolute atomic E-state index is 0.105. The Hall–Kier alpha value is 0.270. The molecule has 3 rings (SSSR count). The van der Waals surface area contributed by atoms with Crippen LogP contribution in [0.15, 0.2) is 0 Å². The Bertz CT molecular complexity index is 344. The molecule has 2 aliphatic heterocycles. The summed E-state index contributed by atoms with van der Waals surface area (Å²) in [5, 5.41) is 11.1. The summed E-state index contributed by atoms with van der Waals surface area (Å²) in [6.45, 7) is 5.60. The molecule has 1 aliphatic carbocycles. The lowest BCUT2D eigenvalue weighted by molar-refractivity contribution is -0.137. The van der Waals surface area contributed by atoms with Crippen molar-refractivity contribution in [2.24, 2.45) is 17.3 Å². The van der Waals surface area contributed by atoms with Crippen LogP contribution < -0.4 is 0 Å². The van der Waals surface area contributed by atoms with E-state index in [1.54, 1.807) is 0 Å². The van der Waals surface area contributed by atoms with Crippen molar-refractivity contribution in [2.45, 2.75) is 76.9 Å². The normalized spacial score (nSPS) is 37.3. The molecule has 2 nitrogen and oxygen atoms in total. The molecule has 0 aromatic carbocycles. The maximum Gasteiger partial charge on any atom is 0.0701 e. The molecule has 3 aliphatic rings. The van der Waals surface area contributed by atoms with Crippen LogP contribution in [0.25, 0.3) is 0 Å². The van der Waals surface area contributed by atoms with Crippen molar-refractivity contribution in [3.05, 3.63) is 0 Å². The van der Waals surface area contributed by atoms with Gasteiger partial charge in [0.1, 0.15) is 0 Å².